The first-order chi connectivity index (χ1) is 28.7. The second-order valence-electron chi connectivity index (χ2n) is 9.88. The Kier molecular flexibility index (Phi) is 27.7. The second-order valence-corrected chi connectivity index (χ2v) is 9.88. The van der Waals surface area contributed by atoms with Crippen molar-refractivity contribution in [3.8, 4) is 0 Å². The van der Waals surface area contributed by atoms with Gasteiger partial charge < -0.3 is 89.3 Å². The van der Waals surface area contributed by atoms with Crippen LogP contribution in [-0.4, -0.2) is 95.6 Å². The summed E-state index contributed by atoms with van der Waals surface area (Å²) in [5.74, 6) is -7.32. The van der Waals surface area contributed by atoms with Crippen LogP contribution in [0.3, 0.4) is 0 Å². The monoisotopic (exact) mass is 920 g/mol. The fourth-order valence-corrected chi connectivity index (χ4v) is 3.10. The van der Waals surface area contributed by atoms with Gasteiger partial charge in [0.15, 0.2) is 0 Å². The summed E-state index contributed by atoms with van der Waals surface area (Å²) >= 11 is 0. The molecule has 0 amide bonds. The quantitative estimate of drug-likeness (QED) is 0.0494. The molecule has 0 spiro atoms. The van der Waals surface area contributed by atoms with Crippen molar-refractivity contribution in [1.29, 1.82) is 0 Å². The molecule has 25 heteroatoms. The Morgan fingerprint density at radius 1 is 0.311 bits per heavy atom. The maximum Gasteiger partial charge on any atom is 6.00 e. The van der Waals surface area contributed by atoms with Gasteiger partial charge in [-0.05, 0) is 72.9 Å². The van der Waals surface area contributed by atoms with Crippen LogP contribution in [0.2, 0.25) is 0 Å². The van der Waals surface area contributed by atoms with Crippen molar-refractivity contribution in [3.05, 3.63) is 146 Å². The molecule has 0 bridgehead atoms. The van der Waals surface area contributed by atoms with Crippen LogP contribution in [0.25, 0.3) is 36.5 Å². The average Bonchev–Trinajstić information content (AvgIpc) is 4.06. The Labute approximate surface area is 357 Å². The van der Waals surface area contributed by atoms with Gasteiger partial charge in [0.25, 0.3) is 0 Å². The molecule has 0 aromatic carbocycles. The standard InChI is InChI=1S/6C6H6N2O2.Mo/c6*9-6(10)2-1-5-3-7-4-8-5;/h6*1-4H,(H,7,8)(H,9,10);/q;;;;;;+6/p-6. The second kappa shape index (κ2) is 32.3. The molecule has 0 fully saturated rings. The third kappa shape index (κ3) is 31.0. The summed E-state index contributed by atoms with van der Waals surface area (Å²) in [5, 5.41) is 59.2. The predicted molar refractivity (Wildman–Crippen MR) is 196 cm³/mol. The molecule has 6 heterocycles. The number of aliphatic carboxylic acids is 6. The fourth-order valence-electron chi connectivity index (χ4n) is 3.10. The van der Waals surface area contributed by atoms with Crippen molar-refractivity contribution in [3.63, 3.8) is 0 Å². The van der Waals surface area contributed by atoms with Gasteiger partial charge in [0.2, 0.25) is 0 Å². The number of hydrogen-bond acceptors (Lipinski definition) is 18. The molecule has 312 valence electrons. The Morgan fingerprint density at radius 3 is 0.525 bits per heavy atom. The van der Waals surface area contributed by atoms with E-state index in [1.165, 1.54) is 74.4 Å². The van der Waals surface area contributed by atoms with Crippen LogP contribution in [0, 0.1) is 0 Å². The maximum absolute atomic E-state index is 9.86. The number of carbonyl (C=O) groups excluding carboxylic acids is 6. The molecule has 61 heavy (non-hydrogen) atoms. The Hall–Kier alpha value is -8.79. The number of nitrogens with one attached hydrogen (secondary N) is 6. The minimum atomic E-state index is -1.22. The molecule has 24 nitrogen and oxygen atoms in total. The number of aromatic amines is 6. The SMILES string of the molecule is O=C([O-])C=Cc1c[nH]cn1.O=C([O-])C=Cc1c[nH]cn1.O=C([O-])C=Cc1c[nH]cn1.O=C([O-])C=Cc1c[nH]cn1.O=C([O-])C=Cc1c[nH]cn1.O=C([O-])C=Cc1c[nH]cn1.[Mo+6]. The topological polar surface area (TPSA) is 413 Å². The fraction of sp³-hybridized carbons (Fsp3) is 0. The third-order valence-corrected chi connectivity index (χ3v) is 5.46. The first-order valence-electron chi connectivity index (χ1n) is 16.0. The molecule has 0 aliphatic heterocycles. The van der Waals surface area contributed by atoms with Crippen LogP contribution in [0.5, 0.6) is 0 Å². The van der Waals surface area contributed by atoms with E-state index in [9.17, 15) is 59.4 Å². The molecular weight excluding hydrogens is 888 g/mol. The van der Waals surface area contributed by atoms with E-state index in [1.807, 2.05) is 0 Å². The van der Waals surface area contributed by atoms with Gasteiger partial charge in [0.1, 0.15) is 0 Å². The summed E-state index contributed by atoms with van der Waals surface area (Å²) in [7, 11) is 0. The van der Waals surface area contributed by atoms with Crippen LogP contribution >= 0.6 is 0 Å². The van der Waals surface area contributed by atoms with Gasteiger partial charge >= 0.3 is 21.1 Å². The molecule has 0 aliphatic carbocycles. The first kappa shape index (κ1) is 52.2. The largest absolute Gasteiger partial charge is 6.00 e. The van der Waals surface area contributed by atoms with E-state index in [-0.39, 0.29) is 21.1 Å². The van der Waals surface area contributed by atoms with Gasteiger partial charge in [-0.25, -0.2) is 29.9 Å². The van der Waals surface area contributed by atoms with Gasteiger partial charge in [-0.3, -0.25) is 0 Å². The smallest absolute Gasteiger partial charge is 0.545 e. The number of rotatable bonds is 12. The zero-order valence-corrected chi connectivity index (χ0v) is 32.9. The Bertz CT molecular complexity index is 1860. The molecule has 0 saturated carbocycles. The molecule has 0 saturated heterocycles. The minimum absolute atomic E-state index is 0. The molecule has 0 atom stereocenters. The van der Waals surface area contributed by atoms with E-state index in [0.29, 0.717) is 34.2 Å². The number of imidazole rings is 6. The molecule has 6 aromatic heterocycles. The van der Waals surface area contributed by atoms with Crippen molar-refractivity contribution in [2.75, 3.05) is 0 Å². The van der Waals surface area contributed by atoms with E-state index in [4.69, 9.17) is 0 Å². The van der Waals surface area contributed by atoms with Crippen LogP contribution < -0.4 is 30.6 Å². The molecule has 6 rings (SSSR count). The summed E-state index contributed by atoms with van der Waals surface area (Å²) in [6.07, 6.45) is 32.0. The van der Waals surface area contributed by atoms with Crippen LogP contribution in [0.1, 0.15) is 34.2 Å². The van der Waals surface area contributed by atoms with Crippen LogP contribution in [0.15, 0.2) is 112 Å². The normalized spacial score (nSPS) is 10.2. The van der Waals surface area contributed by atoms with Gasteiger partial charge in [-0.15, -0.1) is 0 Å². The predicted octanol–water partition coefficient (Wildman–Crippen LogP) is -4.97. The summed E-state index contributed by atoms with van der Waals surface area (Å²) in [5.41, 5.74) is 3.44. The van der Waals surface area contributed by atoms with Crippen molar-refractivity contribution >= 4 is 72.3 Å². The Morgan fingerprint density at radius 2 is 0.443 bits per heavy atom. The summed E-state index contributed by atoms with van der Waals surface area (Å²) in [6, 6.07) is 0. The number of carbonyl (C=O) groups is 6. The molecule has 6 aromatic rings. The van der Waals surface area contributed by atoms with Crippen molar-refractivity contribution in [2.45, 2.75) is 0 Å². The number of H-pyrrole nitrogens is 6. The molecule has 0 aliphatic rings. The van der Waals surface area contributed by atoms with Crippen LogP contribution in [-0.2, 0) is 49.8 Å². The van der Waals surface area contributed by atoms with Crippen molar-refractivity contribution < 1.29 is 80.5 Å². The van der Waals surface area contributed by atoms with Crippen molar-refractivity contribution in [2.24, 2.45) is 0 Å². The zero-order valence-electron chi connectivity index (χ0n) is 30.8. The van der Waals surface area contributed by atoms with Gasteiger partial charge in [0.05, 0.1) is 108 Å². The number of hydrogen-bond donors (Lipinski definition) is 6. The number of carboxylic acid groups (broad SMARTS) is 6. The van der Waals surface area contributed by atoms with E-state index in [2.05, 4.69) is 59.8 Å². The molecule has 0 radical (unpaired) electrons. The number of nitrogens with zero attached hydrogens (tertiary/aromatic N) is 6. The van der Waals surface area contributed by atoms with E-state index < -0.39 is 35.8 Å². The maximum atomic E-state index is 9.86. The summed E-state index contributed by atoms with van der Waals surface area (Å²) in [6.45, 7) is 0. The zero-order chi connectivity index (χ0) is 44.4. The summed E-state index contributed by atoms with van der Waals surface area (Å²) in [4.78, 5) is 97.7. The van der Waals surface area contributed by atoms with E-state index in [0.717, 1.165) is 36.5 Å². The van der Waals surface area contributed by atoms with E-state index in [1.54, 1.807) is 37.2 Å². The molecule has 6 N–H and O–H groups in total. The average molecular weight is 919 g/mol. The number of aromatic nitrogens is 12. The number of carboxylic acids is 6. The molecule has 0 unspecified atom stereocenters. The van der Waals surface area contributed by atoms with Crippen molar-refractivity contribution in [1.82, 2.24) is 59.8 Å². The van der Waals surface area contributed by atoms with Gasteiger partial charge in [-0.2, -0.15) is 0 Å². The van der Waals surface area contributed by atoms with E-state index >= 15 is 0 Å². The first-order valence-corrected chi connectivity index (χ1v) is 16.0. The van der Waals surface area contributed by atoms with Crippen LogP contribution in [0.4, 0.5) is 0 Å². The van der Waals surface area contributed by atoms with Gasteiger partial charge in [0, 0.05) is 37.2 Å². The summed E-state index contributed by atoms with van der Waals surface area (Å²) < 4.78 is 0. The van der Waals surface area contributed by atoms with Gasteiger partial charge in [-0.1, -0.05) is 0 Å². The molecular formula is C36H30MoN12O12. The Balaban J connectivity index is 0.000000706. The minimum Gasteiger partial charge on any atom is -0.545 e. The third-order valence-electron chi connectivity index (χ3n) is 5.46.